The summed E-state index contributed by atoms with van der Waals surface area (Å²) in [6.45, 7) is 2.42. The highest BCUT2D eigenvalue weighted by Crippen LogP contribution is 2.30. The van der Waals surface area contributed by atoms with Crippen molar-refractivity contribution in [1.82, 2.24) is 4.31 Å². The number of fused-ring (bicyclic) bond motifs is 3. The molecule has 1 aromatic heterocycles. The lowest BCUT2D eigenvalue weighted by molar-refractivity contribution is 0.454. The highest BCUT2D eigenvalue weighted by atomic mass is 32.2. The number of benzene rings is 2. The van der Waals surface area contributed by atoms with Crippen molar-refractivity contribution in [3.8, 4) is 23.7 Å². The number of hydrogen-bond acceptors (Lipinski definition) is 3. The third-order valence-corrected chi connectivity index (χ3v) is 7.36. The van der Waals surface area contributed by atoms with Crippen LogP contribution in [0.5, 0.6) is 0 Å². The van der Waals surface area contributed by atoms with E-state index in [0.717, 1.165) is 26.1 Å². The van der Waals surface area contributed by atoms with E-state index in [-0.39, 0.29) is 6.54 Å². The molecule has 0 unspecified atom stereocenters. The predicted octanol–water partition coefficient (Wildman–Crippen LogP) is 4.01. The molecule has 134 valence electrons. The SMILES string of the molecule is Cc1ccc(S(=O)(=O)N2CC#Cc3sc4ccccc4c3C#CCC2)cc1. The Morgan fingerprint density at radius 2 is 1.78 bits per heavy atom. The van der Waals surface area contributed by atoms with Gasteiger partial charge in [-0.15, -0.1) is 11.3 Å². The summed E-state index contributed by atoms with van der Waals surface area (Å²) >= 11 is 1.60. The van der Waals surface area contributed by atoms with Crippen molar-refractivity contribution in [1.29, 1.82) is 0 Å². The minimum absolute atomic E-state index is 0.158. The van der Waals surface area contributed by atoms with Crippen LogP contribution in [-0.4, -0.2) is 25.8 Å². The Labute approximate surface area is 163 Å². The van der Waals surface area contributed by atoms with Gasteiger partial charge < -0.3 is 0 Å². The fourth-order valence-corrected chi connectivity index (χ4v) is 5.32. The fraction of sp³-hybridized carbons (Fsp3) is 0.182. The van der Waals surface area contributed by atoms with Crippen molar-refractivity contribution in [2.45, 2.75) is 18.2 Å². The van der Waals surface area contributed by atoms with Gasteiger partial charge in [-0.3, -0.25) is 0 Å². The molecule has 4 rings (SSSR count). The van der Waals surface area contributed by atoms with E-state index < -0.39 is 10.0 Å². The summed E-state index contributed by atoms with van der Waals surface area (Å²) in [6.07, 6.45) is 0.469. The van der Waals surface area contributed by atoms with Crippen LogP contribution >= 0.6 is 11.3 Å². The lowest BCUT2D eigenvalue weighted by Crippen LogP contribution is -2.32. The van der Waals surface area contributed by atoms with Gasteiger partial charge in [0.25, 0.3) is 0 Å². The van der Waals surface area contributed by atoms with E-state index in [1.807, 2.05) is 31.2 Å². The first-order chi connectivity index (χ1) is 13.1. The van der Waals surface area contributed by atoms with Gasteiger partial charge in [0.15, 0.2) is 0 Å². The van der Waals surface area contributed by atoms with Crippen LogP contribution in [0.2, 0.25) is 0 Å². The van der Waals surface area contributed by atoms with Crippen molar-refractivity contribution in [2.24, 2.45) is 0 Å². The number of rotatable bonds is 2. The monoisotopic (exact) mass is 391 g/mol. The van der Waals surface area contributed by atoms with Crippen LogP contribution in [0.15, 0.2) is 53.4 Å². The normalized spacial score (nSPS) is 14.6. The molecule has 0 saturated heterocycles. The average molecular weight is 392 g/mol. The van der Waals surface area contributed by atoms with Gasteiger partial charge in [0.1, 0.15) is 0 Å². The van der Waals surface area contributed by atoms with Crippen LogP contribution in [-0.2, 0) is 10.0 Å². The van der Waals surface area contributed by atoms with E-state index in [9.17, 15) is 8.42 Å². The molecular formula is C22H17NO2S2. The maximum absolute atomic E-state index is 13.0. The fourth-order valence-electron chi connectivity index (χ4n) is 2.94. The van der Waals surface area contributed by atoms with Crippen molar-refractivity contribution in [3.05, 3.63) is 64.5 Å². The molecule has 0 N–H and O–H groups in total. The summed E-state index contributed by atoms with van der Waals surface area (Å²) < 4.78 is 28.5. The second kappa shape index (κ2) is 7.21. The van der Waals surface area contributed by atoms with Gasteiger partial charge in [-0.1, -0.05) is 59.6 Å². The van der Waals surface area contributed by atoms with E-state index in [4.69, 9.17) is 0 Å². The molecule has 27 heavy (non-hydrogen) atoms. The molecule has 5 heteroatoms. The van der Waals surface area contributed by atoms with E-state index in [2.05, 4.69) is 35.8 Å². The first kappa shape index (κ1) is 17.8. The molecule has 0 fully saturated rings. The van der Waals surface area contributed by atoms with Gasteiger partial charge in [-0.05, 0) is 25.1 Å². The van der Waals surface area contributed by atoms with Crippen LogP contribution in [0.1, 0.15) is 22.4 Å². The zero-order valence-corrected chi connectivity index (χ0v) is 16.5. The second-order valence-electron chi connectivity index (χ2n) is 6.31. The lowest BCUT2D eigenvalue weighted by atomic mass is 10.1. The first-order valence-electron chi connectivity index (χ1n) is 8.62. The number of thiophene rings is 1. The lowest BCUT2D eigenvalue weighted by Gasteiger charge is -2.19. The summed E-state index contributed by atoms with van der Waals surface area (Å²) in [5.41, 5.74) is 1.98. The minimum Gasteiger partial charge on any atom is -0.207 e. The molecular weight excluding hydrogens is 374 g/mol. The molecule has 1 aliphatic rings. The molecule has 1 aliphatic heterocycles. The van der Waals surface area contributed by atoms with E-state index >= 15 is 0 Å². The molecule has 0 amide bonds. The number of nitrogens with zero attached hydrogens (tertiary/aromatic N) is 1. The molecule has 2 heterocycles. The molecule has 3 aromatic rings. The molecule has 0 radical (unpaired) electrons. The average Bonchev–Trinajstić information content (AvgIpc) is 3.02. The van der Waals surface area contributed by atoms with Crippen molar-refractivity contribution in [3.63, 3.8) is 0 Å². The molecule has 0 spiro atoms. The Kier molecular flexibility index (Phi) is 4.76. The summed E-state index contributed by atoms with van der Waals surface area (Å²) in [5, 5.41) is 1.11. The summed E-state index contributed by atoms with van der Waals surface area (Å²) in [4.78, 5) is 1.20. The molecule has 0 atom stereocenters. The quantitative estimate of drug-likeness (QED) is 0.619. The zero-order valence-electron chi connectivity index (χ0n) is 14.8. The third kappa shape index (κ3) is 3.50. The topological polar surface area (TPSA) is 37.4 Å². The van der Waals surface area contributed by atoms with Gasteiger partial charge in [-0.2, -0.15) is 4.31 Å². The Balaban J connectivity index is 1.70. The van der Waals surface area contributed by atoms with Crippen molar-refractivity contribution >= 4 is 31.4 Å². The smallest absolute Gasteiger partial charge is 0.207 e. The molecule has 3 nitrogen and oxygen atoms in total. The standard InChI is InChI=1S/C22H17NO2S2/c1-17-11-13-18(14-12-17)27(24,25)23-15-5-4-8-20-19-7-2-3-9-21(19)26-22(20)10-6-16-23/h2-3,7,9,11-14H,5,15-16H2,1H3. The van der Waals surface area contributed by atoms with Crippen molar-refractivity contribution < 1.29 is 8.42 Å². The van der Waals surface area contributed by atoms with Crippen LogP contribution in [0.3, 0.4) is 0 Å². The zero-order chi connectivity index (χ0) is 18.9. The van der Waals surface area contributed by atoms with Gasteiger partial charge >= 0.3 is 0 Å². The van der Waals surface area contributed by atoms with E-state index in [1.54, 1.807) is 23.5 Å². The minimum atomic E-state index is -3.58. The second-order valence-corrected chi connectivity index (χ2v) is 9.30. The summed E-state index contributed by atoms with van der Waals surface area (Å²) in [7, 11) is -3.58. The number of hydrogen-bond donors (Lipinski definition) is 0. The first-order valence-corrected chi connectivity index (χ1v) is 10.9. The van der Waals surface area contributed by atoms with Crippen LogP contribution in [0.25, 0.3) is 10.1 Å². The van der Waals surface area contributed by atoms with Crippen LogP contribution in [0.4, 0.5) is 0 Å². The van der Waals surface area contributed by atoms with Crippen LogP contribution in [0, 0.1) is 30.6 Å². The molecule has 0 saturated carbocycles. The predicted molar refractivity (Wildman–Crippen MR) is 110 cm³/mol. The highest BCUT2D eigenvalue weighted by Gasteiger charge is 2.23. The molecule has 0 aliphatic carbocycles. The van der Waals surface area contributed by atoms with Crippen molar-refractivity contribution in [2.75, 3.05) is 13.1 Å². The van der Waals surface area contributed by atoms with Gasteiger partial charge in [-0.25, -0.2) is 8.42 Å². The van der Waals surface area contributed by atoms with Crippen LogP contribution < -0.4 is 0 Å². The number of aryl methyl sites for hydroxylation is 1. The maximum Gasteiger partial charge on any atom is 0.243 e. The summed E-state index contributed by atoms with van der Waals surface area (Å²) in [5.74, 6) is 12.5. The summed E-state index contributed by atoms with van der Waals surface area (Å²) in [6, 6.07) is 15.0. The Morgan fingerprint density at radius 3 is 2.59 bits per heavy atom. The Bertz CT molecular complexity index is 1230. The molecule has 0 bridgehead atoms. The van der Waals surface area contributed by atoms with Gasteiger partial charge in [0.05, 0.1) is 21.9 Å². The largest absolute Gasteiger partial charge is 0.243 e. The highest BCUT2D eigenvalue weighted by molar-refractivity contribution is 7.89. The third-order valence-electron chi connectivity index (χ3n) is 4.41. The Hall–Kier alpha value is -2.57. The Morgan fingerprint density at radius 1 is 1.00 bits per heavy atom. The van der Waals surface area contributed by atoms with E-state index in [1.165, 1.54) is 4.31 Å². The van der Waals surface area contributed by atoms with Gasteiger partial charge in [0, 0.05) is 23.1 Å². The number of sulfonamides is 1. The maximum atomic E-state index is 13.0. The van der Waals surface area contributed by atoms with E-state index in [0.29, 0.717) is 17.9 Å². The molecule has 2 aromatic carbocycles. The van der Waals surface area contributed by atoms with Gasteiger partial charge in [0.2, 0.25) is 10.0 Å².